The van der Waals surface area contributed by atoms with Crippen LogP contribution in [0.25, 0.3) is 0 Å². The van der Waals surface area contributed by atoms with Crippen molar-refractivity contribution in [3.63, 3.8) is 0 Å². The fourth-order valence-corrected chi connectivity index (χ4v) is 7.40. The molecule has 2 fully saturated rings. The Kier molecular flexibility index (Phi) is 5.63. The molecule has 1 saturated carbocycles. The maximum Gasteiger partial charge on any atom is 0.290 e. The van der Waals surface area contributed by atoms with Crippen LogP contribution in [0.1, 0.15) is 50.6 Å². The van der Waals surface area contributed by atoms with Crippen molar-refractivity contribution in [1.82, 2.24) is 4.90 Å². The second kappa shape index (κ2) is 8.34. The highest BCUT2D eigenvalue weighted by Crippen LogP contribution is 2.49. The molecule has 1 aromatic rings. The molecule has 4 atom stereocenters. The van der Waals surface area contributed by atoms with Gasteiger partial charge in [0.05, 0.1) is 42.8 Å². The smallest absolute Gasteiger partial charge is 0.290 e. The molecule has 5 rings (SSSR count). The van der Waals surface area contributed by atoms with E-state index in [1.54, 1.807) is 17.0 Å². The third-order valence-corrected chi connectivity index (χ3v) is 8.95. The van der Waals surface area contributed by atoms with Crippen LogP contribution in [0.2, 0.25) is 0 Å². The number of fused-ring (bicyclic) bond motifs is 1. The van der Waals surface area contributed by atoms with E-state index in [9.17, 15) is 18.0 Å². The molecule has 3 heterocycles. The van der Waals surface area contributed by atoms with Gasteiger partial charge in [-0.2, -0.15) is 0 Å². The molecule has 0 aromatic heterocycles. The number of benzene rings is 1. The Morgan fingerprint density at radius 1 is 1.12 bits per heavy atom. The van der Waals surface area contributed by atoms with Gasteiger partial charge in [-0.25, -0.2) is 8.42 Å². The highest BCUT2D eigenvalue weighted by Gasteiger charge is 2.54. The average Bonchev–Trinajstić information content (AvgIpc) is 3.31. The number of Topliss-reactive ketones (excluding diaryl/α,β-unsaturated/α-hetero) is 1. The molecular weight excluding hydrogens is 446 g/mol. The first kappa shape index (κ1) is 22.3. The van der Waals surface area contributed by atoms with Crippen molar-refractivity contribution in [3.8, 4) is 11.5 Å². The number of hydrogen-bond acceptors (Lipinski definition) is 7. The average molecular weight is 476 g/mol. The largest absolute Gasteiger partial charge is 0.493 e. The van der Waals surface area contributed by atoms with Gasteiger partial charge in [0.25, 0.3) is 5.91 Å². The van der Waals surface area contributed by atoms with Crippen molar-refractivity contribution in [2.45, 2.75) is 57.2 Å². The first-order valence-corrected chi connectivity index (χ1v) is 13.5. The van der Waals surface area contributed by atoms with Crippen molar-refractivity contribution in [2.75, 3.05) is 25.2 Å². The number of amides is 1. The minimum atomic E-state index is -3.24. The van der Waals surface area contributed by atoms with Gasteiger partial charge in [-0.15, -0.1) is 0 Å². The van der Waals surface area contributed by atoms with E-state index < -0.39 is 21.9 Å². The van der Waals surface area contributed by atoms with Gasteiger partial charge in [0.15, 0.2) is 32.9 Å². The van der Waals surface area contributed by atoms with E-state index in [0.717, 1.165) is 25.7 Å². The van der Waals surface area contributed by atoms with Gasteiger partial charge in [-0.1, -0.05) is 12.5 Å². The van der Waals surface area contributed by atoms with Gasteiger partial charge >= 0.3 is 0 Å². The first-order chi connectivity index (χ1) is 15.8. The van der Waals surface area contributed by atoms with Crippen molar-refractivity contribution in [1.29, 1.82) is 0 Å². The van der Waals surface area contributed by atoms with Crippen molar-refractivity contribution in [2.24, 2.45) is 5.92 Å². The van der Waals surface area contributed by atoms with Gasteiger partial charge < -0.3 is 19.1 Å². The molecule has 1 aromatic carbocycles. The molecule has 4 aliphatic rings. The van der Waals surface area contributed by atoms with Gasteiger partial charge in [0.2, 0.25) is 0 Å². The summed E-state index contributed by atoms with van der Waals surface area (Å²) in [6.45, 7) is 2.34. The lowest BCUT2D eigenvalue weighted by Crippen LogP contribution is -2.41. The predicted octanol–water partition coefficient (Wildman–Crippen LogP) is 2.58. The number of ketones is 1. The van der Waals surface area contributed by atoms with Crippen LogP contribution < -0.4 is 9.47 Å². The summed E-state index contributed by atoms with van der Waals surface area (Å²) in [4.78, 5) is 28.9. The number of hydrogen-bond donors (Lipinski definition) is 0. The molecule has 0 spiro atoms. The van der Waals surface area contributed by atoms with E-state index in [1.165, 1.54) is 7.11 Å². The van der Waals surface area contributed by atoms with E-state index in [-0.39, 0.29) is 41.0 Å². The number of carbonyl (C=O) groups is 2. The van der Waals surface area contributed by atoms with Crippen LogP contribution >= 0.6 is 0 Å². The first-order valence-electron chi connectivity index (χ1n) is 11.6. The normalized spacial score (nSPS) is 30.7. The monoisotopic (exact) mass is 475 g/mol. The number of nitrogens with zero attached hydrogens (tertiary/aromatic N) is 1. The van der Waals surface area contributed by atoms with Crippen LogP contribution in [0.4, 0.5) is 0 Å². The van der Waals surface area contributed by atoms with Gasteiger partial charge in [-0.3, -0.25) is 9.59 Å². The zero-order valence-electron chi connectivity index (χ0n) is 18.9. The Morgan fingerprint density at radius 2 is 1.91 bits per heavy atom. The molecule has 8 nitrogen and oxygen atoms in total. The summed E-state index contributed by atoms with van der Waals surface area (Å²) in [6, 6.07) is 4.15. The third-order valence-electron chi connectivity index (χ3n) is 7.20. The lowest BCUT2D eigenvalue weighted by molar-refractivity contribution is -0.136. The maximum atomic E-state index is 13.7. The fraction of sp³-hybridized carbons (Fsp3) is 0.583. The van der Waals surface area contributed by atoms with Gasteiger partial charge in [0.1, 0.15) is 6.10 Å². The Morgan fingerprint density at radius 3 is 2.61 bits per heavy atom. The Labute approximate surface area is 193 Å². The Hall–Kier alpha value is -2.55. The summed E-state index contributed by atoms with van der Waals surface area (Å²) in [5.41, 5.74) is 1.04. The quantitative estimate of drug-likeness (QED) is 0.645. The van der Waals surface area contributed by atoms with Crippen molar-refractivity contribution >= 4 is 21.5 Å². The lowest BCUT2D eigenvalue weighted by atomic mass is 9.77. The lowest BCUT2D eigenvalue weighted by Gasteiger charge is -2.35. The molecule has 0 radical (unpaired) electrons. The van der Waals surface area contributed by atoms with Gasteiger partial charge in [-0.05, 0) is 50.3 Å². The van der Waals surface area contributed by atoms with E-state index >= 15 is 0 Å². The predicted molar refractivity (Wildman–Crippen MR) is 120 cm³/mol. The summed E-state index contributed by atoms with van der Waals surface area (Å²) in [7, 11) is -1.70. The fourth-order valence-electron chi connectivity index (χ4n) is 5.69. The maximum absolute atomic E-state index is 13.7. The number of methoxy groups -OCH3 is 1. The summed E-state index contributed by atoms with van der Waals surface area (Å²) in [6.07, 6.45) is 3.48. The highest BCUT2D eigenvalue weighted by atomic mass is 32.2. The minimum Gasteiger partial charge on any atom is -0.493 e. The summed E-state index contributed by atoms with van der Waals surface area (Å²) < 4.78 is 41.8. The molecule has 1 aliphatic carbocycles. The van der Waals surface area contributed by atoms with Crippen LogP contribution in [0.3, 0.4) is 0 Å². The number of rotatable bonds is 5. The molecule has 178 valence electrons. The van der Waals surface area contributed by atoms with Crippen LogP contribution in [-0.4, -0.2) is 62.4 Å². The van der Waals surface area contributed by atoms with E-state index in [1.807, 2.05) is 13.0 Å². The number of ether oxygens (including phenoxy) is 3. The SMILES string of the molecule is CCOc1ccc(C2C3=C(OC4CCCCC4C3=O)C(=O)N2C2CCS(=O)(=O)C2)cc1OC. The molecule has 9 heteroatoms. The second-order valence-electron chi connectivity index (χ2n) is 9.17. The Bertz CT molecular complexity index is 1130. The number of carbonyl (C=O) groups excluding carboxylic acids is 2. The topological polar surface area (TPSA) is 99.2 Å². The molecule has 0 N–H and O–H groups in total. The molecular formula is C24H29NO7S. The molecule has 1 amide bonds. The standard InChI is InChI=1S/C24H29NO7S/c1-3-31-18-9-8-14(12-19(18)30-2)21-20-22(26)16-6-4-5-7-17(16)32-23(20)24(27)25(21)15-10-11-33(28,29)13-15/h8-9,12,15-17,21H,3-7,10-11,13H2,1-2H3. The molecule has 4 unspecified atom stereocenters. The zero-order valence-corrected chi connectivity index (χ0v) is 19.7. The summed E-state index contributed by atoms with van der Waals surface area (Å²) in [5, 5.41) is 0. The van der Waals surface area contributed by atoms with Crippen molar-refractivity contribution in [3.05, 3.63) is 35.1 Å². The molecule has 3 aliphatic heterocycles. The van der Waals surface area contributed by atoms with Crippen LogP contribution in [-0.2, 0) is 24.2 Å². The molecule has 0 bridgehead atoms. The third kappa shape index (κ3) is 3.70. The van der Waals surface area contributed by atoms with E-state index in [4.69, 9.17) is 14.2 Å². The van der Waals surface area contributed by atoms with Crippen LogP contribution in [0.5, 0.6) is 11.5 Å². The van der Waals surface area contributed by atoms with Gasteiger partial charge in [0, 0.05) is 6.04 Å². The zero-order chi connectivity index (χ0) is 23.3. The number of sulfone groups is 1. The highest BCUT2D eigenvalue weighted by molar-refractivity contribution is 7.91. The Balaban J connectivity index is 1.61. The molecule has 1 saturated heterocycles. The van der Waals surface area contributed by atoms with E-state index in [0.29, 0.717) is 35.7 Å². The minimum absolute atomic E-state index is 0.0332. The summed E-state index contributed by atoms with van der Waals surface area (Å²) in [5.74, 6) is 0.398. The van der Waals surface area contributed by atoms with Crippen LogP contribution in [0, 0.1) is 5.92 Å². The summed E-state index contributed by atoms with van der Waals surface area (Å²) >= 11 is 0. The van der Waals surface area contributed by atoms with Crippen molar-refractivity contribution < 1.29 is 32.2 Å². The van der Waals surface area contributed by atoms with E-state index in [2.05, 4.69) is 0 Å². The molecule has 33 heavy (non-hydrogen) atoms. The van der Waals surface area contributed by atoms with Crippen LogP contribution in [0.15, 0.2) is 29.5 Å². The second-order valence-corrected chi connectivity index (χ2v) is 11.4.